The van der Waals surface area contributed by atoms with E-state index in [1.807, 2.05) is 45.0 Å². The van der Waals surface area contributed by atoms with Gasteiger partial charge in [-0.15, -0.1) is 0 Å². The predicted molar refractivity (Wildman–Crippen MR) is 80.1 cm³/mol. The van der Waals surface area contributed by atoms with Crippen LogP contribution in [0.15, 0.2) is 34.9 Å². The average Bonchev–Trinajstić information content (AvgIpc) is 2.89. The Hall–Kier alpha value is -1.85. The first kappa shape index (κ1) is 14.1. The Morgan fingerprint density at radius 1 is 1.14 bits per heavy atom. The smallest absolute Gasteiger partial charge is 0.191 e. The third kappa shape index (κ3) is 3.43. The van der Waals surface area contributed by atoms with Crippen LogP contribution in [0.4, 0.5) is 5.69 Å². The van der Waals surface area contributed by atoms with Gasteiger partial charge in [0.05, 0.1) is 19.3 Å². The van der Waals surface area contributed by atoms with Crippen LogP contribution in [0, 0.1) is 6.92 Å². The Morgan fingerprint density at radius 3 is 2.38 bits per heavy atom. The lowest BCUT2D eigenvalue weighted by Crippen LogP contribution is -2.45. The lowest BCUT2D eigenvalue weighted by atomic mass is 10.1. The van der Waals surface area contributed by atoms with Gasteiger partial charge in [-0.3, -0.25) is 0 Å². The minimum atomic E-state index is -0.479. The van der Waals surface area contributed by atoms with Gasteiger partial charge in [-0.25, -0.2) is 4.98 Å². The van der Waals surface area contributed by atoms with E-state index in [0.29, 0.717) is 19.1 Å². The highest BCUT2D eigenvalue weighted by atomic mass is 16.7. The molecule has 2 heterocycles. The molecule has 0 atom stereocenters. The van der Waals surface area contributed by atoms with Crippen molar-refractivity contribution < 1.29 is 13.9 Å². The lowest BCUT2D eigenvalue weighted by molar-refractivity contribution is -0.247. The van der Waals surface area contributed by atoms with E-state index in [9.17, 15) is 0 Å². The summed E-state index contributed by atoms with van der Waals surface area (Å²) in [5, 5.41) is 3.41. The Morgan fingerprint density at radius 2 is 1.81 bits per heavy atom. The minimum absolute atomic E-state index is 0.165. The summed E-state index contributed by atoms with van der Waals surface area (Å²) in [5.74, 6) is 0.193. The summed E-state index contributed by atoms with van der Waals surface area (Å²) >= 11 is 0. The molecule has 112 valence electrons. The molecule has 5 nitrogen and oxygen atoms in total. The molecule has 1 saturated heterocycles. The quantitative estimate of drug-likeness (QED) is 0.939. The number of benzene rings is 1. The third-order valence-electron chi connectivity index (χ3n) is 3.43. The monoisotopic (exact) mass is 288 g/mol. The van der Waals surface area contributed by atoms with Crippen LogP contribution in [-0.2, 0) is 9.47 Å². The molecule has 0 aliphatic carbocycles. The van der Waals surface area contributed by atoms with Crippen LogP contribution >= 0.6 is 0 Å². The van der Waals surface area contributed by atoms with Gasteiger partial charge in [-0.05, 0) is 26.0 Å². The van der Waals surface area contributed by atoms with Gasteiger partial charge in [0, 0.05) is 18.2 Å². The normalized spacial score (nSPS) is 18.6. The van der Waals surface area contributed by atoms with Crippen LogP contribution in [0.25, 0.3) is 11.3 Å². The molecule has 21 heavy (non-hydrogen) atoms. The molecule has 0 bridgehead atoms. The van der Waals surface area contributed by atoms with Gasteiger partial charge in [-0.1, -0.05) is 12.1 Å². The number of nitrogens with zero attached hydrogens (tertiary/aromatic N) is 1. The Bertz CT molecular complexity index is 594. The molecule has 0 radical (unpaired) electrons. The summed E-state index contributed by atoms with van der Waals surface area (Å²) < 4.78 is 16.5. The van der Waals surface area contributed by atoms with Crippen molar-refractivity contribution in [2.45, 2.75) is 32.6 Å². The zero-order valence-corrected chi connectivity index (χ0v) is 12.6. The number of aromatic nitrogens is 1. The van der Waals surface area contributed by atoms with Crippen molar-refractivity contribution in [1.82, 2.24) is 4.98 Å². The number of hydrogen-bond acceptors (Lipinski definition) is 5. The molecular formula is C16H20N2O3. The topological polar surface area (TPSA) is 56.5 Å². The maximum absolute atomic E-state index is 5.64. The maximum atomic E-state index is 5.64. The average molecular weight is 288 g/mol. The molecule has 1 aromatic heterocycles. The van der Waals surface area contributed by atoms with E-state index in [-0.39, 0.29) is 6.04 Å². The summed E-state index contributed by atoms with van der Waals surface area (Å²) in [6, 6.07) is 8.26. The number of nitrogens with one attached hydrogen (secondary N) is 1. The van der Waals surface area contributed by atoms with Gasteiger partial charge in [-0.2, -0.15) is 0 Å². The molecule has 0 unspecified atom stereocenters. The van der Waals surface area contributed by atoms with Gasteiger partial charge in [0.25, 0.3) is 0 Å². The van der Waals surface area contributed by atoms with Gasteiger partial charge >= 0.3 is 0 Å². The van der Waals surface area contributed by atoms with Crippen LogP contribution in [-0.4, -0.2) is 30.0 Å². The van der Waals surface area contributed by atoms with Crippen LogP contribution in [0.3, 0.4) is 0 Å². The number of oxazole rings is 1. The summed E-state index contributed by atoms with van der Waals surface area (Å²) in [5.41, 5.74) is 2.93. The molecule has 0 amide bonds. The Labute approximate surface area is 124 Å². The fourth-order valence-electron chi connectivity index (χ4n) is 2.24. The molecule has 1 fully saturated rings. The summed E-state index contributed by atoms with van der Waals surface area (Å²) in [6.07, 6.45) is 1.67. The van der Waals surface area contributed by atoms with Gasteiger partial charge in [0.2, 0.25) is 0 Å². The largest absolute Gasteiger partial charge is 0.449 e. The van der Waals surface area contributed by atoms with Crippen LogP contribution in [0.5, 0.6) is 0 Å². The zero-order chi connectivity index (χ0) is 14.9. The number of hydrogen-bond donors (Lipinski definition) is 1. The third-order valence-corrected chi connectivity index (χ3v) is 3.43. The van der Waals surface area contributed by atoms with E-state index in [0.717, 1.165) is 16.9 Å². The first-order chi connectivity index (χ1) is 10.0. The van der Waals surface area contributed by atoms with Crippen LogP contribution < -0.4 is 5.32 Å². The first-order valence-electron chi connectivity index (χ1n) is 7.09. The zero-order valence-electron chi connectivity index (χ0n) is 12.6. The van der Waals surface area contributed by atoms with Crippen molar-refractivity contribution in [3.8, 4) is 11.3 Å². The molecular weight excluding hydrogens is 268 g/mol. The van der Waals surface area contributed by atoms with E-state index < -0.39 is 5.79 Å². The fraction of sp³-hybridized carbons (Fsp3) is 0.438. The molecule has 1 N–H and O–H groups in total. The Kier molecular flexibility index (Phi) is 3.69. The molecule has 0 saturated carbocycles. The highest BCUT2D eigenvalue weighted by molar-refractivity contribution is 5.62. The number of aryl methyl sites for hydroxylation is 1. The van der Waals surface area contributed by atoms with Crippen molar-refractivity contribution in [2.75, 3.05) is 18.5 Å². The van der Waals surface area contributed by atoms with Crippen molar-refractivity contribution in [1.29, 1.82) is 0 Å². The fourth-order valence-corrected chi connectivity index (χ4v) is 2.24. The van der Waals surface area contributed by atoms with Crippen molar-refractivity contribution in [3.05, 3.63) is 36.4 Å². The second kappa shape index (κ2) is 5.50. The number of rotatable bonds is 3. The maximum Gasteiger partial charge on any atom is 0.191 e. The van der Waals surface area contributed by atoms with E-state index in [4.69, 9.17) is 13.9 Å². The molecule has 2 aromatic rings. The van der Waals surface area contributed by atoms with Crippen molar-refractivity contribution in [2.24, 2.45) is 0 Å². The predicted octanol–water partition coefficient (Wildman–Crippen LogP) is 3.21. The molecule has 1 aromatic carbocycles. The standard InChI is InChI=1S/C16H20N2O3/c1-11-17-15(10-19-11)12-4-6-13(7-5-12)18-14-8-20-16(2,3)21-9-14/h4-7,10,14,18H,8-9H2,1-3H3. The molecule has 0 spiro atoms. The second-order valence-electron chi connectivity index (χ2n) is 5.69. The van der Waals surface area contributed by atoms with Gasteiger partial charge in [0.15, 0.2) is 11.7 Å². The number of ether oxygens (including phenoxy) is 2. The molecule has 3 rings (SSSR count). The molecule has 5 heteroatoms. The van der Waals surface area contributed by atoms with E-state index >= 15 is 0 Å². The minimum Gasteiger partial charge on any atom is -0.449 e. The molecule has 1 aliphatic rings. The summed E-state index contributed by atoms with van der Waals surface area (Å²) in [4.78, 5) is 4.32. The second-order valence-corrected chi connectivity index (χ2v) is 5.69. The van der Waals surface area contributed by atoms with Crippen LogP contribution in [0.2, 0.25) is 0 Å². The number of anilines is 1. The van der Waals surface area contributed by atoms with E-state index in [1.54, 1.807) is 6.26 Å². The first-order valence-corrected chi connectivity index (χ1v) is 7.09. The van der Waals surface area contributed by atoms with Crippen LogP contribution in [0.1, 0.15) is 19.7 Å². The van der Waals surface area contributed by atoms with Gasteiger partial charge < -0.3 is 19.2 Å². The van der Waals surface area contributed by atoms with E-state index in [1.165, 1.54) is 0 Å². The van der Waals surface area contributed by atoms with Gasteiger partial charge in [0.1, 0.15) is 12.0 Å². The highest BCUT2D eigenvalue weighted by Crippen LogP contribution is 2.23. The SMILES string of the molecule is Cc1nc(-c2ccc(NC3COC(C)(C)OC3)cc2)co1. The summed E-state index contributed by atoms with van der Waals surface area (Å²) in [6.45, 7) is 6.97. The Balaban J connectivity index is 1.63. The van der Waals surface area contributed by atoms with E-state index in [2.05, 4.69) is 10.3 Å². The highest BCUT2D eigenvalue weighted by Gasteiger charge is 2.28. The molecule has 1 aliphatic heterocycles. The van der Waals surface area contributed by atoms with Crippen molar-refractivity contribution >= 4 is 5.69 Å². The lowest BCUT2D eigenvalue weighted by Gasteiger charge is -2.35. The van der Waals surface area contributed by atoms with Crippen molar-refractivity contribution in [3.63, 3.8) is 0 Å². The summed E-state index contributed by atoms with van der Waals surface area (Å²) in [7, 11) is 0.